The highest BCUT2D eigenvalue weighted by Crippen LogP contribution is 2.20. The van der Waals surface area contributed by atoms with Crippen LogP contribution in [0.4, 0.5) is 5.69 Å². The van der Waals surface area contributed by atoms with E-state index in [1.54, 1.807) is 18.2 Å². The van der Waals surface area contributed by atoms with Crippen LogP contribution in [-0.4, -0.2) is 0 Å². The number of hydrogen-bond donors (Lipinski definition) is 1. The lowest BCUT2D eigenvalue weighted by Crippen LogP contribution is -1.85. The normalized spacial score (nSPS) is 10.2. The molecule has 0 aliphatic heterocycles. The summed E-state index contributed by atoms with van der Waals surface area (Å²) >= 11 is 5.80. The summed E-state index contributed by atoms with van der Waals surface area (Å²) in [6.45, 7) is 0. The molecule has 0 amide bonds. The van der Waals surface area contributed by atoms with Crippen LogP contribution in [0.5, 0.6) is 0 Å². The van der Waals surface area contributed by atoms with Crippen LogP contribution in [0.2, 0.25) is 5.02 Å². The van der Waals surface area contributed by atoms with Gasteiger partial charge in [-0.2, -0.15) is 5.26 Å². The quantitative estimate of drug-likeness (QED) is 0.733. The molecule has 0 spiro atoms. The SMILES string of the molecule is N#CCC=Cc1ccc(N)c(Cl)c1. The molecule has 2 nitrogen and oxygen atoms in total. The minimum absolute atomic E-state index is 0.405. The van der Waals surface area contributed by atoms with Crippen molar-refractivity contribution in [1.82, 2.24) is 0 Å². The van der Waals surface area contributed by atoms with Crippen LogP contribution < -0.4 is 5.73 Å². The van der Waals surface area contributed by atoms with Crippen LogP contribution in [0.15, 0.2) is 24.3 Å². The summed E-state index contributed by atoms with van der Waals surface area (Å²) in [5, 5.41) is 8.84. The molecule has 1 rings (SSSR count). The number of nitriles is 1. The van der Waals surface area contributed by atoms with Crippen molar-refractivity contribution in [2.75, 3.05) is 5.73 Å². The molecule has 0 saturated carbocycles. The van der Waals surface area contributed by atoms with Crippen LogP contribution >= 0.6 is 11.6 Å². The fourth-order valence-corrected chi connectivity index (χ4v) is 1.08. The zero-order chi connectivity index (χ0) is 9.68. The summed E-state index contributed by atoms with van der Waals surface area (Å²) in [5.74, 6) is 0. The average Bonchev–Trinajstić information content (AvgIpc) is 2.12. The van der Waals surface area contributed by atoms with Crippen molar-refractivity contribution in [3.63, 3.8) is 0 Å². The van der Waals surface area contributed by atoms with Gasteiger partial charge in [0.15, 0.2) is 0 Å². The van der Waals surface area contributed by atoms with Gasteiger partial charge in [0, 0.05) is 0 Å². The molecule has 0 aromatic heterocycles. The van der Waals surface area contributed by atoms with Crippen LogP contribution in [0.1, 0.15) is 12.0 Å². The van der Waals surface area contributed by atoms with Crippen molar-refractivity contribution in [2.24, 2.45) is 0 Å². The van der Waals surface area contributed by atoms with E-state index < -0.39 is 0 Å². The van der Waals surface area contributed by atoms with Gasteiger partial charge in [0.1, 0.15) is 0 Å². The second kappa shape index (κ2) is 4.54. The van der Waals surface area contributed by atoms with Gasteiger partial charge in [0.2, 0.25) is 0 Å². The van der Waals surface area contributed by atoms with Gasteiger partial charge in [0.25, 0.3) is 0 Å². The molecule has 0 aliphatic carbocycles. The Labute approximate surface area is 82.2 Å². The standard InChI is InChI=1S/C10H9ClN2/c11-9-7-8(3-1-2-6-12)4-5-10(9)13/h1,3-5,7H,2,13H2. The summed E-state index contributed by atoms with van der Waals surface area (Å²) in [6, 6.07) is 7.39. The molecule has 0 saturated heterocycles. The Hall–Kier alpha value is -1.46. The Morgan fingerprint density at radius 3 is 2.92 bits per heavy atom. The molecular weight excluding hydrogens is 184 g/mol. The van der Waals surface area contributed by atoms with Crippen molar-refractivity contribution in [3.05, 3.63) is 34.9 Å². The predicted octanol–water partition coefficient (Wildman–Crippen LogP) is 2.85. The van der Waals surface area contributed by atoms with Crippen molar-refractivity contribution in [2.45, 2.75) is 6.42 Å². The largest absolute Gasteiger partial charge is 0.398 e. The van der Waals surface area contributed by atoms with E-state index in [0.29, 0.717) is 17.1 Å². The summed E-state index contributed by atoms with van der Waals surface area (Å²) in [4.78, 5) is 0. The molecule has 1 aromatic rings. The summed E-state index contributed by atoms with van der Waals surface area (Å²) < 4.78 is 0. The number of nitrogens with zero attached hydrogens (tertiary/aromatic N) is 1. The van der Waals surface area contributed by atoms with Crippen molar-refractivity contribution in [3.8, 4) is 6.07 Å². The second-order valence-corrected chi connectivity index (χ2v) is 2.95. The van der Waals surface area contributed by atoms with Crippen LogP contribution in [0, 0.1) is 11.3 Å². The molecule has 0 radical (unpaired) electrons. The maximum absolute atomic E-state index is 8.30. The number of halogens is 1. The summed E-state index contributed by atoms with van der Waals surface area (Å²) in [6.07, 6.45) is 4.03. The van der Waals surface area contributed by atoms with Crippen molar-refractivity contribution >= 4 is 23.4 Å². The molecule has 0 fully saturated rings. The molecule has 3 heteroatoms. The van der Waals surface area contributed by atoms with Gasteiger partial charge in [-0.25, -0.2) is 0 Å². The lowest BCUT2D eigenvalue weighted by molar-refractivity contribution is 1.36. The Balaban J connectivity index is 2.81. The highest BCUT2D eigenvalue weighted by atomic mass is 35.5. The van der Waals surface area contributed by atoms with Crippen molar-refractivity contribution < 1.29 is 0 Å². The van der Waals surface area contributed by atoms with E-state index in [-0.39, 0.29) is 0 Å². The Bertz CT molecular complexity index is 364. The number of anilines is 1. The third-order valence-electron chi connectivity index (χ3n) is 1.54. The molecule has 66 valence electrons. The minimum Gasteiger partial charge on any atom is -0.398 e. The third-order valence-corrected chi connectivity index (χ3v) is 1.87. The highest BCUT2D eigenvalue weighted by molar-refractivity contribution is 6.33. The van der Waals surface area contributed by atoms with E-state index in [9.17, 15) is 0 Å². The molecule has 0 atom stereocenters. The van der Waals surface area contributed by atoms with Gasteiger partial charge in [-0.05, 0) is 17.7 Å². The molecule has 0 heterocycles. The zero-order valence-electron chi connectivity index (χ0n) is 7.00. The third kappa shape index (κ3) is 2.81. The first-order chi connectivity index (χ1) is 6.24. The van der Waals surface area contributed by atoms with Gasteiger partial charge < -0.3 is 5.73 Å². The monoisotopic (exact) mass is 192 g/mol. The number of nitrogen functional groups attached to an aromatic ring is 1. The maximum Gasteiger partial charge on any atom is 0.0663 e. The lowest BCUT2D eigenvalue weighted by atomic mass is 10.2. The molecular formula is C10H9ClN2. The first-order valence-corrected chi connectivity index (χ1v) is 4.20. The first-order valence-electron chi connectivity index (χ1n) is 3.82. The Morgan fingerprint density at radius 1 is 1.54 bits per heavy atom. The predicted molar refractivity (Wildman–Crippen MR) is 55.1 cm³/mol. The fourth-order valence-electron chi connectivity index (χ4n) is 0.895. The average molecular weight is 193 g/mol. The molecule has 0 aliphatic rings. The van der Waals surface area contributed by atoms with E-state index in [1.807, 2.05) is 18.2 Å². The van der Waals surface area contributed by atoms with Crippen LogP contribution in [0.3, 0.4) is 0 Å². The Kier molecular flexibility index (Phi) is 3.36. The van der Waals surface area contributed by atoms with E-state index in [4.69, 9.17) is 22.6 Å². The number of rotatable bonds is 2. The minimum atomic E-state index is 0.405. The number of hydrogen-bond acceptors (Lipinski definition) is 2. The summed E-state index contributed by atoms with van der Waals surface area (Å²) in [7, 11) is 0. The fraction of sp³-hybridized carbons (Fsp3) is 0.100. The number of nitrogens with two attached hydrogens (primary N) is 1. The van der Waals surface area contributed by atoms with Gasteiger partial charge in [-0.15, -0.1) is 0 Å². The van der Waals surface area contributed by atoms with Gasteiger partial charge in [0.05, 0.1) is 23.2 Å². The molecule has 1 aromatic carbocycles. The number of benzene rings is 1. The molecule has 0 bridgehead atoms. The van der Waals surface area contributed by atoms with E-state index in [2.05, 4.69) is 0 Å². The van der Waals surface area contributed by atoms with Gasteiger partial charge >= 0.3 is 0 Å². The smallest absolute Gasteiger partial charge is 0.0663 e. The first kappa shape index (κ1) is 9.63. The van der Waals surface area contributed by atoms with E-state index in [0.717, 1.165) is 5.56 Å². The molecule has 13 heavy (non-hydrogen) atoms. The summed E-state index contributed by atoms with van der Waals surface area (Å²) in [5.41, 5.74) is 7.06. The second-order valence-electron chi connectivity index (χ2n) is 2.55. The van der Waals surface area contributed by atoms with Crippen molar-refractivity contribution in [1.29, 1.82) is 5.26 Å². The van der Waals surface area contributed by atoms with E-state index >= 15 is 0 Å². The van der Waals surface area contributed by atoms with Crippen LogP contribution in [0.25, 0.3) is 6.08 Å². The van der Waals surface area contributed by atoms with Gasteiger partial charge in [-0.3, -0.25) is 0 Å². The molecule has 2 N–H and O–H groups in total. The molecule has 0 unspecified atom stereocenters. The lowest BCUT2D eigenvalue weighted by Gasteiger charge is -1.98. The van der Waals surface area contributed by atoms with E-state index in [1.165, 1.54) is 0 Å². The van der Waals surface area contributed by atoms with Crippen LogP contribution in [-0.2, 0) is 0 Å². The Morgan fingerprint density at radius 2 is 2.31 bits per heavy atom. The maximum atomic E-state index is 8.30. The topological polar surface area (TPSA) is 49.8 Å². The highest BCUT2D eigenvalue weighted by Gasteiger charge is 1.94. The zero-order valence-corrected chi connectivity index (χ0v) is 7.75. The number of allylic oxidation sites excluding steroid dienone is 1. The van der Waals surface area contributed by atoms with Gasteiger partial charge in [-0.1, -0.05) is 29.8 Å².